The summed E-state index contributed by atoms with van der Waals surface area (Å²) >= 11 is 0. The highest BCUT2D eigenvalue weighted by atomic mass is 14.7. The van der Waals surface area contributed by atoms with Crippen molar-refractivity contribution in [1.29, 1.82) is 5.41 Å². The summed E-state index contributed by atoms with van der Waals surface area (Å²) in [7, 11) is 0. The zero-order valence-corrected chi connectivity index (χ0v) is 7.81. The van der Waals surface area contributed by atoms with Crippen molar-refractivity contribution >= 4 is 5.71 Å². The molecule has 0 spiro atoms. The van der Waals surface area contributed by atoms with Crippen LogP contribution in [0, 0.1) is 12.3 Å². The molecule has 0 fully saturated rings. The molecule has 0 aliphatic carbocycles. The standard InChI is InChI=1S/C10H14N2/c1-4-9-6-5-7(2)12-10(9)8(3)11/h5-6,11H,4H2,1-3H3. The van der Waals surface area contributed by atoms with Crippen LogP contribution >= 0.6 is 0 Å². The van der Waals surface area contributed by atoms with Gasteiger partial charge in [0.1, 0.15) is 0 Å². The van der Waals surface area contributed by atoms with Crippen LogP contribution in [-0.4, -0.2) is 10.7 Å². The molecule has 0 aromatic carbocycles. The third-order valence-corrected chi connectivity index (χ3v) is 1.85. The van der Waals surface area contributed by atoms with E-state index in [-0.39, 0.29) is 0 Å². The van der Waals surface area contributed by atoms with E-state index >= 15 is 0 Å². The third kappa shape index (κ3) is 1.70. The van der Waals surface area contributed by atoms with Gasteiger partial charge in [-0.2, -0.15) is 0 Å². The molecule has 1 aromatic heterocycles. The lowest BCUT2D eigenvalue weighted by atomic mass is 10.1. The maximum absolute atomic E-state index is 7.51. The van der Waals surface area contributed by atoms with Gasteiger partial charge in [0.2, 0.25) is 0 Å². The molecule has 0 aliphatic heterocycles. The predicted molar refractivity (Wildman–Crippen MR) is 50.9 cm³/mol. The average molecular weight is 162 g/mol. The lowest BCUT2D eigenvalue weighted by Crippen LogP contribution is -2.03. The lowest BCUT2D eigenvalue weighted by molar-refractivity contribution is 1.06. The molecule has 1 rings (SSSR count). The molecule has 0 atom stereocenters. The SMILES string of the molecule is CCc1ccc(C)nc1C(C)=N. The summed E-state index contributed by atoms with van der Waals surface area (Å²) < 4.78 is 0. The van der Waals surface area contributed by atoms with Gasteiger partial charge in [-0.3, -0.25) is 4.98 Å². The van der Waals surface area contributed by atoms with E-state index in [1.165, 1.54) is 0 Å². The number of pyridine rings is 1. The number of hydrogen-bond acceptors (Lipinski definition) is 2. The van der Waals surface area contributed by atoms with E-state index in [2.05, 4.69) is 18.0 Å². The normalized spacial score (nSPS) is 9.92. The zero-order chi connectivity index (χ0) is 9.14. The van der Waals surface area contributed by atoms with Crippen molar-refractivity contribution < 1.29 is 0 Å². The molecule has 2 nitrogen and oxygen atoms in total. The maximum atomic E-state index is 7.51. The molecule has 1 N–H and O–H groups in total. The van der Waals surface area contributed by atoms with Crippen LogP contribution in [0.4, 0.5) is 0 Å². The minimum Gasteiger partial charge on any atom is -0.303 e. The smallest absolute Gasteiger partial charge is 0.0869 e. The Kier molecular flexibility index (Phi) is 2.58. The molecule has 2 heteroatoms. The first-order chi connectivity index (χ1) is 5.65. The van der Waals surface area contributed by atoms with Crippen LogP contribution in [0.1, 0.15) is 30.8 Å². The summed E-state index contributed by atoms with van der Waals surface area (Å²) in [5, 5.41) is 7.51. The molecule has 0 amide bonds. The largest absolute Gasteiger partial charge is 0.303 e. The summed E-state index contributed by atoms with van der Waals surface area (Å²) in [5.74, 6) is 0. The van der Waals surface area contributed by atoms with Crippen LogP contribution < -0.4 is 0 Å². The topological polar surface area (TPSA) is 36.7 Å². The minimum absolute atomic E-state index is 0.551. The molecule has 0 aliphatic rings. The van der Waals surface area contributed by atoms with Crippen molar-refractivity contribution in [2.45, 2.75) is 27.2 Å². The number of rotatable bonds is 2. The molecule has 0 unspecified atom stereocenters. The molecule has 0 bridgehead atoms. The van der Waals surface area contributed by atoms with Gasteiger partial charge >= 0.3 is 0 Å². The first-order valence-electron chi connectivity index (χ1n) is 4.17. The van der Waals surface area contributed by atoms with Gasteiger partial charge in [-0.25, -0.2) is 0 Å². The number of hydrogen-bond donors (Lipinski definition) is 1. The van der Waals surface area contributed by atoms with E-state index in [0.717, 1.165) is 23.4 Å². The number of aryl methyl sites for hydroxylation is 2. The van der Waals surface area contributed by atoms with Gasteiger partial charge in [-0.1, -0.05) is 13.0 Å². The van der Waals surface area contributed by atoms with Crippen LogP contribution in [0.15, 0.2) is 12.1 Å². The molecular formula is C10H14N2. The second-order valence-corrected chi connectivity index (χ2v) is 2.94. The molecule has 12 heavy (non-hydrogen) atoms. The molecule has 0 saturated carbocycles. The predicted octanol–water partition coefficient (Wildman–Crippen LogP) is 2.34. The Hall–Kier alpha value is -1.18. The maximum Gasteiger partial charge on any atom is 0.0869 e. The highest BCUT2D eigenvalue weighted by Crippen LogP contribution is 2.08. The fourth-order valence-corrected chi connectivity index (χ4v) is 1.20. The van der Waals surface area contributed by atoms with E-state index in [1.807, 2.05) is 13.0 Å². The van der Waals surface area contributed by atoms with Crippen molar-refractivity contribution in [2.24, 2.45) is 0 Å². The van der Waals surface area contributed by atoms with Crippen LogP contribution in [0.25, 0.3) is 0 Å². The van der Waals surface area contributed by atoms with Gasteiger partial charge in [0.05, 0.1) is 11.4 Å². The number of nitrogens with one attached hydrogen (secondary N) is 1. The van der Waals surface area contributed by atoms with Gasteiger partial charge in [0.25, 0.3) is 0 Å². The highest BCUT2D eigenvalue weighted by molar-refractivity contribution is 5.95. The quantitative estimate of drug-likeness (QED) is 0.666. The Morgan fingerprint density at radius 3 is 2.67 bits per heavy atom. The van der Waals surface area contributed by atoms with Crippen LogP contribution in [0.3, 0.4) is 0 Å². The summed E-state index contributed by atoms with van der Waals surface area (Å²) in [6.07, 6.45) is 0.943. The molecule has 64 valence electrons. The van der Waals surface area contributed by atoms with E-state index < -0.39 is 0 Å². The van der Waals surface area contributed by atoms with Crippen LogP contribution in [0.5, 0.6) is 0 Å². The Morgan fingerprint density at radius 2 is 2.17 bits per heavy atom. The van der Waals surface area contributed by atoms with Gasteiger partial charge < -0.3 is 5.41 Å². The Balaban J connectivity index is 3.21. The average Bonchev–Trinajstić information content (AvgIpc) is 2.04. The molecular weight excluding hydrogens is 148 g/mol. The second-order valence-electron chi connectivity index (χ2n) is 2.94. The fourth-order valence-electron chi connectivity index (χ4n) is 1.20. The number of aromatic nitrogens is 1. The van der Waals surface area contributed by atoms with Crippen molar-refractivity contribution in [3.8, 4) is 0 Å². The summed E-state index contributed by atoms with van der Waals surface area (Å²) in [4.78, 5) is 4.32. The monoisotopic (exact) mass is 162 g/mol. The van der Waals surface area contributed by atoms with Gasteiger partial charge in [0.15, 0.2) is 0 Å². The van der Waals surface area contributed by atoms with E-state index in [9.17, 15) is 0 Å². The summed E-state index contributed by atoms with van der Waals surface area (Å²) in [6, 6.07) is 4.04. The first-order valence-corrected chi connectivity index (χ1v) is 4.17. The molecule has 0 radical (unpaired) electrons. The Labute approximate surface area is 73.2 Å². The highest BCUT2D eigenvalue weighted by Gasteiger charge is 2.03. The first kappa shape index (κ1) is 8.91. The van der Waals surface area contributed by atoms with Gasteiger partial charge in [0, 0.05) is 5.69 Å². The Bertz CT molecular complexity index is 303. The van der Waals surface area contributed by atoms with Crippen LogP contribution in [-0.2, 0) is 6.42 Å². The van der Waals surface area contributed by atoms with Gasteiger partial charge in [-0.15, -0.1) is 0 Å². The molecule has 1 aromatic rings. The Morgan fingerprint density at radius 1 is 1.50 bits per heavy atom. The summed E-state index contributed by atoms with van der Waals surface area (Å²) in [5.41, 5.74) is 3.54. The lowest BCUT2D eigenvalue weighted by Gasteiger charge is -2.05. The van der Waals surface area contributed by atoms with Crippen molar-refractivity contribution in [1.82, 2.24) is 4.98 Å². The zero-order valence-electron chi connectivity index (χ0n) is 7.81. The van der Waals surface area contributed by atoms with E-state index in [0.29, 0.717) is 5.71 Å². The van der Waals surface area contributed by atoms with Crippen molar-refractivity contribution in [2.75, 3.05) is 0 Å². The van der Waals surface area contributed by atoms with E-state index in [1.54, 1.807) is 6.92 Å². The third-order valence-electron chi connectivity index (χ3n) is 1.85. The van der Waals surface area contributed by atoms with Crippen molar-refractivity contribution in [3.63, 3.8) is 0 Å². The number of nitrogens with zero attached hydrogens (tertiary/aromatic N) is 1. The molecule has 1 heterocycles. The van der Waals surface area contributed by atoms with Crippen molar-refractivity contribution in [3.05, 3.63) is 29.1 Å². The second kappa shape index (κ2) is 3.48. The molecule has 0 saturated heterocycles. The fraction of sp³-hybridized carbons (Fsp3) is 0.400. The van der Waals surface area contributed by atoms with Crippen LogP contribution in [0.2, 0.25) is 0 Å². The van der Waals surface area contributed by atoms with E-state index in [4.69, 9.17) is 5.41 Å². The summed E-state index contributed by atoms with van der Waals surface area (Å²) in [6.45, 7) is 5.81. The minimum atomic E-state index is 0.551. The van der Waals surface area contributed by atoms with Gasteiger partial charge in [-0.05, 0) is 31.9 Å².